The number of fused-ring (bicyclic) bond motifs is 4. The molecule has 5 aliphatic rings. The number of alkyl halides is 3. The standard InChI is InChI=1S/C14H12BrN3O.C14H13N3O.C11H8F3NO4S.C10H17BN2O2.C10H9NO2/c1-18-14(12(15)8-17-18)10-4-5-13-9(11(10)7-16)3-2-6-19-13;1-17-13(6-7-16-17)10-4-5-14-11(12(10)9-15)3-2-8-18-14;12-11(13,14)20(16,17)19-10-4-3-9-7(8(10)6-15)2-1-5-18-9;1-9(2)10(3,4)15-11(14-9)8-6-7-12-13(8)5;11-6-8-7-2-1-5-13-10(7)4-3-9(8)12/h4-5,8H,2-3,6H2,1H3;4-7H,2-3,8H2,1H3;3-4H,1-2,5H2;6-7H,1-5H3;3-4,12H,1-2,5H2. The number of nitriles is 4. The number of ether oxygens (including phenoxy) is 4. The van der Waals surface area contributed by atoms with Crippen LogP contribution < -0.4 is 28.7 Å². The number of halogens is 4. The van der Waals surface area contributed by atoms with E-state index in [1.54, 1.807) is 44.8 Å². The van der Waals surface area contributed by atoms with E-state index in [4.69, 9.17) is 38.8 Å². The quantitative estimate of drug-likeness (QED) is 0.0954. The molecule has 0 amide bonds. The average Bonchev–Trinajstić information content (AvgIpc) is 2.84. The van der Waals surface area contributed by atoms with Gasteiger partial charge in [-0.1, -0.05) is 0 Å². The minimum atomic E-state index is -5.80. The van der Waals surface area contributed by atoms with Crippen LogP contribution in [0.25, 0.3) is 22.5 Å². The van der Waals surface area contributed by atoms with Gasteiger partial charge in [-0.2, -0.15) is 57.9 Å². The van der Waals surface area contributed by atoms with Crippen molar-refractivity contribution in [2.75, 3.05) is 26.4 Å². The van der Waals surface area contributed by atoms with Crippen molar-refractivity contribution < 1.29 is 59.1 Å². The van der Waals surface area contributed by atoms with Crippen molar-refractivity contribution in [1.29, 1.82) is 21.0 Å². The normalized spacial score (nSPS) is 15.7. The fraction of sp³-hybridized carbons (Fsp3) is 0.373. The first-order valence-corrected chi connectivity index (χ1v) is 29.1. The van der Waals surface area contributed by atoms with E-state index in [-0.39, 0.29) is 29.6 Å². The SMILES string of the molecule is Cn1ncc(Br)c1-c1ccc2c(c1C#N)CCCO2.Cn1nccc1-c1ccc2c(c1C#N)CCCO2.Cn1nccc1B1OC(C)(C)C(C)(C)O1.N#Cc1c(O)ccc2c1CCCO2.N#Cc1c(OS(=O)(=O)C(F)(F)F)ccc2c1CCCO2. The van der Waals surface area contributed by atoms with E-state index in [9.17, 15) is 37.2 Å². The molecule has 26 heteroatoms. The van der Waals surface area contributed by atoms with Gasteiger partial charge in [0.25, 0.3) is 0 Å². The van der Waals surface area contributed by atoms with Gasteiger partial charge in [0.05, 0.1) is 76.4 Å². The number of aromatic nitrogens is 6. The lowest BCUT2D eigenvalue weighted by Gasteiger charge is -2.32. The number of hydrogen-bond donors (Lipinski definition) is 1. The summed E-state index contributed by atoms with van der Waals surface area (Å²) in [6.07, 6.45) is 11.7. The highest BCUT2D eigenvalue weighted by atomic mass is 79.9. The molecule has 20 nitrogen and oxygen atoms in total. The Bertz CT molecular complexity index is 3880. The number of nitrogens with zero attached hydrogens (tertiary/aromatic N) is 10. The topological polar surface area (TPSA) is 268 Å². The van der Waals surface area contributed by atoms with Crippen LogP contribution in [0.4, 0.5) is 13.2 Å². The summed E-state index contributed by atoms with van der Waals surface area (Å²) in [6.45, 7) is 10.8. The minimum Gasteiger partial charge on any atom is -0.507 e. The van der Waals surface area contributed by atoms with Crippen LogP contribution in [-0.4, -0.2) is 93.1 Å². The Kier molecular flexibility index (Phi) is 19.2. The molecule has 85 heavy (non-hydrogen) atoms. The van der Waals surface area contributed by atoms with Crippen molar-refractivity contribution in [3.8, 4) is 81.3 Å². The van der Waals surface area contributed by atoms with Crippen LogP contribution in [0.3, 0.4) is 0 Å². The van der Waals surface area contributed by atoms with Crippen LogP contribution >= 0.6 is 15.9 Å². The monoisotopic (exact) mass is 1250 g/mol. The molecule has 442 valence electrons. The Balaban J connectivity index is 0.000000139. The summed E-state index contributed by atoms with van der Waals surface area (Å²) in [6, 6.07) is 25.4. The van der Waals surface area contributed by atoms with Gasteiger partial charge >= 0.3 is 22.7 Å². The van der Waals surface area contributed by atoms with Crippen molar-refractivity contribution in [2.45, 2.75) is 95.8 Å². The molecule has 7 aromatic rings. The first-order chi connectivity index (χ1) is 40.4. The highest BCUT2D eigenvalue weighted by molar-refractivity contribution is 9.10. The summed E-state index contributed by atoms with van der Waals surface area (Å²) >= 11 is 3.49. The van der Waals surface area contributed by atoms with Crippen LogP contribution in [0.15, 0.2) is 83.7 Å². The fourth-order valence-electron chi connectivity index (χ4n) is 9.82. The number of aryl methyl sites for hydroxylation is 3. The van der Waals surface area contributed by atoms with Crippen LogP contribution in [0.1, 0.15) is 97.9 Å². The van der Waals surface area contributed by atoms with E-state index in [1.165, 1.54) is 12.1 Å². The van der Waals surface area contributed by atoms with E-state index >= 15 is 0 Å². The molecule has 0 radical (unpaired) electrons. The molecule has 5 aliphatic heterocycles. The molecule has 8 heterocycles. The zero-order valence-corrected chi connectivity index (χ0v) is 50.0. The first-order valence-electron chi connectivity index (χ1n) is 26.9. The largest absolute Gasteiger partial charge is 0.534 e. The summed E-state index contributed by atoms with van der Waals surface area (Å²) in [5, 5.41) is 58.6. The third-order valence-corrected chi connectivity index (χ3v) is 16.4. The van der Waals surface area contributed by atoms with Crippen molar-refractivity contribution in [3.63, 3.8) is 0 Å². The average molecular weight is 1250 g/mol. The summed E-state index contributed by atoms with van der Waals surface area (Å²) in [5.74, 6) is 2.18. The Morgan fingerprint density at radius 2 is 1.04 bits per heavy atom. The summed E-state index contributed by atoms with van der Waals surface area (Å²) in [4.78, 5) is 0. The van der Waals surface area contributed by atoms with E-state index in [1.807, 2.05) is 91.3 Å². The lowest BCUT2D eigenvalue weighted by molar-refractivity contribution is -0.0500. The second-order valence-corrected chi connectivity index (χ2v) is 23.2. The number of rotatable bonds is 5. The molecule has 3 aromatic heterocycles. The molecular formula is C59H59BBrF3N10O10S. The first kappa shape index (κ1) is 62.5. The van der Waals surface area contributed by atoms with Crippen molar-refractivity contribution >= 4 is 38.8 Å². The van der Waals surface area contributed by atoms with E-state index in [0.717, 1.165) is 130 Å². The molecular weight excluding hydrogens is 1190 g/mol. The van der Waals surface area contributed by atoms with Crippen LogP contribution in [0, 0.1) is 45.3 Å². The Hall–Kier alpha value is -8.53. The maximum absolute atomic E-state index is 12.3. The van der Waals surface area contributed by atoms with Gasteiger partial charge in [-0.15, -0.1) is 0 Å². The van der Waals surface area contributed by atoms with E-state index in [0.29, 0.717) is 48.5 Å². The third kappa shape index (κ3) is 13.5. The molecule has 0 bridgehead atoms. The van der Waals surface area contributed by atoms with Gasteiger partial charge < -0.3 is 37.5 Å². The van der Waals surface area contributed by atoms with Gasteiger partial charge in [0.15, 0.2) is 5.75 Å². The molecule has 1 saturated heterocycles. The Morgan fingerprint density at radius 3 is 1.47 bits per heavy atom. The second-order valence-electron chi connectivity index (χ2n) is 20.8. The van der Waals surface area contributed by atoms with E-state index in [2.05, 4.69) is 47.5 Å². The predicted molar refractivity (Wildman–Crippen MR) is 308 cm³/mol. The summed E-state index contributed by atoms with van der Waals surface area (Å²) < 4.78 is 103. The fourth-order valence-corrected chi connectivity index (χ4v) is 10.8. The minimum absolute atomic E-state index is 0.0479. The van der Waals surface area contributed by atoms with Gasteiger partial charge in [0.2, 0.25) is 0 Å². The van der Waals surface area contributed by atoms with Gasteiger partial charge in [-0.25, -0.2) is 0 Å². The molecule has 0 atom stereocenters. The Morgan fingerprint density at radius 1 is 0.600 bits per heavy atom. The zero-order chi connectivity index (χ0) is 61.4. The number of benzene rings is 4. The highest BCUT2D eigenvalue weighted by Crippen LogP contribution is 2.40. The molecule has 1 fully saturated rings. The van der Waals surface area contributed by atoms with Gasteiger partial charge in [0.1, 0.15) is 64.2 Å². The molecule has 0 spiro atoms. The molecule has 0 saturated carbocycles. The van der Waals surface area contributed by atoms with Crippen LogP contribution in [0.2, 0.25) is 0 Å². The number of aromatic hydroxyl groups is 1. The summed E-state index contributed by atoms with van der Waals surface area (Å²) in [7, 11) is -0.476. The molecule has 4 aromatic carbocycles. The molecule has 1 N–H and O–H groups in total. The highest BCUT2D eigenvalue weighted by Gasteiger charge is 2.53. The van der Waals surface area contributed by atoms with E-state index < -0.39 is 21.4 Å². The number of hydrogen-bond acceptors (Lipinski definition) is 17. The summed E-state index contributed by atoms with van der Waals surface area (Å²) in [5.41, 5.74) is 3.29. The van der Waals surface area contributed by atoms with Crippen LogP contribution in [0.5, 0.6) is 34.5 Å². The maximum Gasteiger partial charge on any atom is 0.534 e. The van der Waals surface area contributed by atoms with Crippen molar-refractivity contribution in [1.82, 2.24) is 29.3 Å². The third-order valence-electron chi connectivity index (χ3n) is 14.9. The lowest BCUT2D eigenvalue weighted by atomic mass is 9.85. The zero-order valence-electron chi connectivity index (χ0n) is 47.6. The second kappa shape index (κ2) is 26.2. The number of phenols is 1. The van der Waals surface area contributed by atoms with Gasteiger partial charge in [0, 0.05) is 66.9 Å². The van der Waals surface area contributed by atoms with Gasteiger partial charge in [-0.05, 0) is 156 Å². The predicted octanol–water partition coefficient (Wildman–Crippen LogP) is 9.75. The van der Waals surface area contributed by atoms with Crippen molar-refractivity contribution in [3.05, 3.63) is 128 Å². The van der Waals surface area contributed by atoms with Crippen molar-refractivity contribution in [2.24, 2.45) is 21.1 Å². The molecule has 0 aliphatic carbocycles. The smallest absolute Gasteiger partial charge is 0.507 e. The van der Waals surface area contributed by atoms with Crippen LogP contribution in [-0.2, 0) is 66.3 Å². The van der Waals surface area contributed by atoms with Gasteiger partial charge in [-0.3, -0.25) is 14.0 Å². The Labute approximate surface area is 498 Å². The molecule has 12 rings (SSSR count). The maximum atomic E-state index is 12.3. The molecule has 0 unspecified atom stereocenters. The lowest BCUT2D eigenvalue weighted by Crippen LogP contribution is -2.41. The number of phenolic OH excluding ortho intramolecular Hbond substituents is 1.